The van der Waals surface area contributed by atoms with Crippen molar-refractivity contribution in [3.63, 3.8) is 0 Å². The van der Waals surface area contributed by atoms with Gasteiger partial charge in [0.25, 0.3) is 0 Å². The number of hydrogen-bond donors (Lipinski definition) is 0. The van der Waals surface area contributed by atoms with E-state index in [4.69, 9.17) is 4.74 Å². The lowest BCUT2D eigenvalue weighted by atomic mass is 9.81. The largest absolute Gasteiger partial charge is 0.379 e. The van der Waals surface area contributed by atoms with Gasteiger partial charge in [-0.3, -0.25) is 0 Å². The maximum absolute atomic E-state index is 5.22. The zero-order valence-corrected chi connectivity index (χ0v) is 9.17. The summed E-state index contributed by atoms with van der Waals surface area (Å²) in [5.74, 6) is 0. The number of benzene rings is 1. The molecule has 0 amide bonds. The molecule has 0 aliphatic carbocycles. The molecule has 2 rings (SSSR count). The van der Waals surface area contributed by atoms with E-state index < -0.39 is 0 Å². The van der Waals surface area contributed by atoms with E-state index in [0.29, 0.717) is 0 Å². The van der Waals surface area contributed by atoms with Crippen LogP contribution in [0.1, 0.15) is 12.5 Å². The van der Waals surface area contributed by atoms with Crippen LogP contribution in [0.4, 0.5) is 0 Å². The third-order valence-electron chi connectivity index (χ3n) is 2.38. The molecule has 1 saturated heterocycles. The van der Waals surface area contributed by atoms with E-state index in [-0.39, 0.29) is 5.41 Å². The van der Waals surface area contributed by atoms with Crippen molar-refractivity contribution >= 4 is 22.6 Å². The van der Waals surface area contributed by atoms with Crippen LogP contribution in [-0.4, -0.2) is 13.2 Å². The minimum Gasteiger partial charge on any atom is -0.379 e. The fraction of sp³-hybridized carbons (Fsp3) is 0.400. The molecule has 0 bridgehead atoms. The summed E-state index contributed by atoms with van der Waals surface area (Å²) in [5.41, 5.74) is 1.68. The third-order valence-corrected chi connectivity index (χ3v) is 3.10. The average Bonchev–Trinajstić information content (AvgIpc) is 2.02. The molecule has 1 fully saturated rings. The molecular weight excluding hydrogens is 263 g/mol. The fourth-order valence-electron chi connectivity index (χ4n) is 1.43. The van der Waals surface area contributed by atoms with Gasteiger partial charge in [0, 0.05) is 8.99 Å². The second-order valence-corrected chi connectivity index (χ2v) is 4.81. The van der Waals surface area contributed by atoms with E-state index in [1.807, 2.05) is 0 Å². The van der Waals surface area contributed by atoms with Gasteiger partial charge in [-0.25, -0.2) is 0 Å². The molecule has 1 aliphatic rings. The van der Waals surface area contributed by atoms with Crippen molar-refractivity contribution < 1.29 is 4.74 Å². The molecule has 0 radical (unpaired) electrons. The first kappa shape index (κ1) is 8.51. The summed E-state index contributed by atoms with van der Waals surface area (Å²) in [7, 11) is 0. The molecule has 1 aromatic rings. The van der Waals surface area contributed by atoms with E-state index in [0.717, 1.165) is 13.2 Å². The van der Waals surface area contributed by atoms with Crippen molar-refractivity contribution in [2.24, 2.45) is 0 Å². The van der Waals surface area contributed by atoms with Crippen molar-refractivity contribution in [2.45, 2.75) is 12.3 Å². The molecule has 1 aromatic carbocycles. The van der Waals surface area contributed by atoms with Crippen molar-refractivity contribution in [2.75, 3.05) is 13.2 Å². The Morgan fingerprint density at radius 3 is 2.25 bits per heavy atom. The molecule has 0 aromatic heterocycles. The predicted octanol–water partition coefficient (Wildman–Crippen LogP) is 2.58. The summed E-state index contributed by atoms with van der Waals surface area (Å²) in [5, 5.41) is 0. The molecule has 2 heteroatoms. The minimum absolute atomic E-state index is 0.282. The van der Waals surface area contributed by atoms with Gasteiger partial charge in [0.1, 0.15) is 0 Å². The molecule has 1 nitrogen and oxygen atoms in total. The number of rotatable bonds is 1. The number of ether oxygens (including phenoxy) is 1. The Hall–Kier alpha value is -0.0900. The lowest BCUT2D eigenvalue weighted by Crippen LogP contribution is -2.43. The maximum Gasteiger partial charge on any atom is 0.0582 e. The van der Waals surface area contributed by atoms with Crippen molar-refractivity contribution in [3.05, 3.63) is 33.4 Å². The Bertz CT molecular complexity index is 274. The van der Waals surface area contributed by atoms with Crippen LogP contribution in [0, 0.1) is 3.57 Å². The molecule has 1 heterocycles. The van der Waals surface area contributed by atoms with Crippen molar-refractivity contribution in [1.29, 1.82) is 0 Å². The topological polar surface area (TPSA) is 9.23 Å². The summed E-state index contributed by atoms with van der Waals surface area (Å²) < 4.78 is 6.51. The zero-order chi connectivity index (χ0) is 8.60. The minimum atomic E-state index is 0.282. The molecule has 0 spiro atoms. The van der Waals surface area contributed by atoms with Crippen LogP contribution in [0.3, 0.4) is 0 Å². The van der Waals surface area contributed by atoms with Gasteiger partial charge in [-0.15, -0.1) is 0 Å². The summed E-state index contributed by atoms with van der Waals surface area (Å²) in [6.07, 6.45) is 0. The molecule has 64 valence electrons. The normalized spacial score (nSPS) is 20.2. The highest BCUT2D eigenvalue weighted by Crippen LogP contribution is 2.31. The van der Waals surface area contributed by atoms with Gasteiger partial charge in [-0.2, -0.15) is 0 Å². The van der Waals surface area contributed by atoms with Gasteiger partial charge in [0.05, 0.1) is 13.2 Å². The van der Waals surface area contributed by atoms with E-state index in [1.54, 1.807) is 0 Å². The smallest absolute Gasteiger partial charge is 0.0582 e. The number of halogens is 1. The molecule has 12 heavy (non-hydrogen) atoms. The summed E-state index contributed by atoms with van der Waals surface area (Å²) >= 11 is 2.32. The van der Waals surface area contributed by atoms with Gasteiger partial charge in [-0.05, 0) is 40.3 Å². The van der Waals surface area contributed by atoms with Gasteiger partial charge < -0.3 is 4.74 Å². The highest BCUT2D eigenvalue weighted by molar-refractivity contribution is 14.1. The van der Waals surface area contributed by atoms with E-state index >= 15 is 0 Å². The Balaban J connectivity index is 2.28. The quantitative estimate of drug-likeness (QED) is 0.715. The Morgan fingerprint density at radius 2 is 1.83 bits per heavy atom. The van der Waals surface area contributed by atoms with Crippen LogP contribution < -0.4 is 0 Å². The van der Waals surface area contributed by atoms with Crippen molar-refractivity contribution in [1.82, 2.24) is 0 Å². The van der Waals surface area contributed by atoms with Crippen LogP contribution in [-0.2, 0) is 10.2 Å². The van der Waals surface area contributed by atoms with Gasteiger partial charge in [0.15, 0.2) is 0 Å². The SMILES string of the molecule is CC1(c2ccc(I)cc2)COC1. The number of hydrogen-bond acceptors (Lipinski definition) is 1. The third kappa shape index (κ3) is 1.38. The van der Waals surface area contributed by atoms with Crippen LogP contribution in [0.15, 0.2) is 24.3 Å². The van der Waals surface area contributed by atoms with Gasteiger partial charge >= 0.3 is 0 Å². The first-order valence-electron chi connectivity index (χ1n) is 4.04. The highest BCUT2D eigenvalue weighted by Gasteiger charge is 2.34. The first-order chi connectivity index (χ1) is 5.71. The lowest BCUT2D eigenvalue weighted by Gasteiger charge is -2.38. The highest BCUT2D eigenvalue weighted by atomic mass is 127. The standard InChI is InChI=1S/C10H11IO/c1-10(6-12-7-10)8-2-4-9(11)5-3-8/h2-5H,6-7H2,1H3. The first-order valence-corrected chi connectivity index (χ1v) is 5.12. The summed E-state index contributed by atoms with van der Waals surface area (Å²) in [6.45, 7) is 3.99. The lowest BCUT2D eigenvalue weighted by molar-refractivity contribution is -0.0500. The van der Waals surface area contributed by atoms with Crippen LogP contribution in [0.5, 0.6) is 0 Å². The molecule has 0 atom stereocenters. The second-order valence-electron chi connectivity index (χ2n) is 3.56. The van der Waals surface area contributed by atoms with Crippen molar-refractivity contribution in [3.8, 4) is 0 Å². The van der Waals surface area contributed by atoms with E-state index in [2.05, 4.69) is 53.8 Å². The summed E-state index contributed by atoms with van der Waals surface area (Å²) in [6, 6.07) is 8.70. The molecular formula is C10H11IO. The molecule has 0 saturated carbocycles. The van der Waals surface area contributed by atoms with Gasteiger partial charge in [0.2, 0.25) is 0 Å². The Labute approximate surface area is 86.3 Å². The molecule has 0 N–H and O–H groups in total. The summed E-state index contributed by atoms with van der Waals surface area (Å²) in [4.78, 5) is 0. The average molecular weight is 274 g/mol. The molecule has 1 aliphatic heterocycles. The fourth-order valence-corrected chi connectivity index (χ4v) is 1.79. The Kier molecular flexibility index (Phi) is 2.12. The predicted molar refractivity (Wildman–Crippen MR) is 57.3 cm³/mol. The second kappa shape index (κ2) is 3.00. The molecule has 0 unspecified atom stereocenters. The van der Waals surface area contributed by atoms with E-state index in [1.165, 1.54) is 9.13 Å². The zero-order valence-electron chi connectivity index (χ0n) is 7.01. The van der Waals surface area contributed by atoms with Crippen LogP contribution in [0.2, 0.25) is 0 Å². The monoisotopic (exact) mass is 274 g/mol. The maximum atomic E-state index is 5.22. The van der Waals surface area contributed by atoms with E-state index in [9.17, 15) is 0 Å². The Morgan fingerprint density at radius 1 is 1.25 bits per heavy atom. The van der Waals surface area contributed by atoms with Crippen LogP contribution in [0.25, 0.3) is 0 Å². The van der Waals surface area contributed by atoms with Crippen LogP contribution >= 0.6 is 22.6 Å². The van der Waals surface area contributed by atoms with Gasteiger partial charge in [-0.1, -0.05) is 19.1 Å².